The van der Waals surface area contributed by atoms with Gasteiger partial charge in [-0.3, -0.25) is 9.78 Å². The zero-order valence-corrected chi connectivity index (χ0v) is 19.0. The Labute approximate surface area is 194 Å². The number of hydrogen-bond acceptors (Lipinski definition) is 4. The van der Waals surface area contributed by atoms with Crippen LogP contribution in [0.3, 0.4) is 0 Å². The molecule has 1 heterocycles. The van der Waals surface area contributed by atoms with E-state index in [1.807, 2.05) is 54.6 Å². The van der Waals surface area contributed by atoms with Crippen molar-refractivity contribution in [2.75, 3.05) is 6.61 Å². The van der Waals surface area contributed by atoms with Gasteiger partial charge in [-0.2, -0.15) is 0 Å². The molecule has 4 aromatic rings. The van der Waals surface area contributed by atoms with Crippen LogP contribution in [0.15, 0.2) is 91.3 Å². The number of nitrogens with zero attached hydrogens (tertiary/aromatic N) is 1. The van der Waals surface area contributed by atoms with Crippen LogP contribution in [0, 0.1) is 6.92 Å². The molecule has 3 aromatic carbocycles. The fourth-order valence-corrected chi connectivity index (χ4v) is 3.44. The zero-order chi connectivity index (χ0) is 23.0. The second-order valence-electron chi connectivity index (χ2n) is 8.06. The molecule has 0 bridgehead atoms. The smallest absolute Gasteiger partial charge is 0.159 e. The molecule has 0 amide bonds. The third-order valence-corrected chi connectivity index (χ3v) is 5.45. The molecule has 0 fully saturated rings. The quantitative estimate of drug-likeness (QED) is 0.282. The molecule has 0 spiro atoms. The van der Waals surface area contributed by atoms with Crippen LogP contribution in [0.2, 0.25) is 0 Å². The van der Waals surface area contributed by atoms with E-state index in [1.165, 1.54) is 11.1 Å². The van der Waals surface area contributed by atoms with E-state index in [4.69, 9.17) is 9.47 Å². The largest absolute Gasteiger partial charge is 0.493 e. The van der Waals surface area contributed by atoms with E-state index in [2.05, 4.69) is 36.2 Å². The summed E-state index contributed by atoms with van der Waals surface area (Å²) in [7, 11) is 0. The number of benzene rings is 3. The van der Waals surface area contributed by atoms with Crippen molar-refractivity contribution in [1.82, 2.24) is 4.98 Å². The highest BCUT2D eigenvalue weighted by Gasteiger charge is 2.04. The fraction of sp³-hybridized carbons (Fsp3) is 0.172. The Morgan fingerprint density at radius 1 is 0.758 bits per heavy atom. The van der Waals surface area contributed by atoms with Gasteiger partial charge >= 0.3 is 0 Å². The van der Waals surface area contributed by atoms with Crippen molar-refractivity contribution in [3.8, 4) is 22.6 Å². The van der Waals surface area contributed by atoms with Gasteiger partial charge in [-0.1, -0.05) is 66.2 Å². The van der Waals surface area contributed by atoms with Gasteiger partial charge in [0.15, 0.2) is 5.78 Å². The van der Waals surface area contributed by atoms with Crippen molar-refractivity contribution >= 4 is 5.78 Å². The number of ketones is 1. The van der Waals surface area contributed by atoms with Gasteiger partial charge < -0.3 is 9.47 Å². The third-order valence-electron chi connectivity index (χ3n) is 5.45. The second-order valence-corrected chi connectivity index (χ2v) is 8.06. The highest BCUT2D eigenvalue weighted by atomic mass is 16.5. The maximum atomic E-state index is 11.5. The second kappa shape index (κ2) is 10.6. The van der Waals surface area contributed by atoms with Crippen LogP contribution in [0.4, 0.5) is 0 Å². The molecular weight excluding hydrogens is 410 g/mol. The normalized spacial score (nSPS) is 10.6. The summed E-state index contributed by atoms with van der Waals surface area (Å²) in [6.45, 7) is 4.74. The molecule has 0 radical (unpaired) electrons. The Bertz CT molecular complexity index is 1200. The number of carbonyl (C=O) groups is 1. The summed E-state index contributed by atoms with van der Waals surface area (Å²) >= 11 is 0. The molecule has 4 rings (SSSR count). The number of aromatic nitrogens is 1. The van der Waals surface area contributed by atoms with Gasteiger partial charge in [-0.15, -0.1) is 0 Å². The van der Waals surface area contributed by atoms with Gasteiger partial charge in [0, 0.05) is 23.7 Å². The predicted molar refractivity (Wildman–Crippen MR) is 131 cm³/mol. The van der Waals surface area contributed by atoms with E-state index in [9.17, 15) is 4.79 Å². The summed E-state index contributed by atoms with van der Waals surface area (Å²) in [5.41, 5.74) is 6.23. The summed E-state index contributed by atoms with van der Waals surface area (Å²) in [5.74, 6) is 1.60. The minimum absolute atomic E-state index is 0.0550. The Morgan fingerprint density at radius 3 is 2.15 bits per heavy atom. The molecule has 0 aliphatic rings. The Hall–Kier alpha value is -3.92. The molecule has 1 aromatic heterocycles. The monoisotopic (exact) mass is 437 g/mol. The molecule has 0 saturated heterocycles. The minimum Gasteiger partial charge on any atom is -0.493 e. The van der Waals surface area contributed by atoms with Crippen molar-refractivity contribution in [1.29, 1.82) is 0 Å². The average Bonchev–Trinajstić information content (AvgIpc) is 2.85. The third kappa shape index (κ3) is 6.30. The van der Waals surface area contributed by atoms with E-state index in [-0.39, 0.29) is 5.78 Å². The maximum Gasteiger partial charge on any atom is 0.159 e. The number of pyridine rings is 1. The van der Waals surface area contributed by atoms with Crippen molar-refractivity contribution in [3.05, 3.63) is 114 Å². The lowest BCUT2D eigenvalue weighted by atomic mass is 10.0. The van der Waals surface area contributed by atoms with E-state index in [0.717, 1.165) is 28.9 Å². The average molecular weight is 438 g/mol. The highest BCUT2D eigenvalue weighted by Crippen LogP contribution is 2.24. The molecule has 0 aliphatic carbocycles. The molecule has 0 saturated carbocycles. The first-order valence-electron chi connectivity index (χ1n) is 11.0. The summed E-state index contributed by atoms with van der Waals surface area (Å²) < 4.78 is 11.8. The lowest BCUT2D eigenvalue weighted by Gasteiger charge is -2.10. The number of aryl methyl sites for hydroxylation is 1. The summed E-state index contributed by atoms with van der Waals surface area (Å²) in [6, 6.07) is 26.0. The van der Waals surface area contributed by atoms with Crippen LogP contribution < -0.4 is 9.47 Å². The highest BCUT2D eigenvalue weighted by molar-refractivity contribution is 5.94. The van der Waals surface area contributed by atoms with Crippen LogP contribution in [0.5, 0.6) is 11.5 Å². The van der Waals surface area contributed by atoms with Gasteiger partial charge in [0.05, 0.1) is 12.8 Å². The molecule has 4 nitrogen and oxygen atoms in total. The van der Waals surface area contributed by atoms with E-state index in [0.29, 0.717) is 24.5 Å². The SMILES string of the molecule is CC(=O)c1ccc(-c2cncc(OCc3ccc(OCCc4ccc(C)cc4)cc3)c2)cc1. The topological polar surface area (TPSA) is 48.4 Å². The van der Waals surface area contributed by atoms with Gasteiger partial charge in [-0.25, -0.2) is 0 Å². The van der Waals surface area contributed by atoms with Gasteiger partial charge in [0.1, 0.15) is 18.1 Å². The van der Waals surface area contributed by atoms with Crippen molar-refractivity contribution in [3.63, 3.8) is 0 Å². The van der Waals surface area contributed by atoms with Crippen LogP contribution in [-0.2, 0) is 13.0 Å². The molecule has 0 N–H and O–H groups in total. The number of ether oxygens (including phenoxy) is 2. The van der Waals surface area contributed by atoms with Crippen LogP contribution in [0.25, 0.3) is 11.1 Å². The Kier molecular flexibility index (Phi) is 7.16. The van der Waals surface area contributed by atoms with Crippen LogP contribution >= 0.6 is 0 Å². The number of Topliss-reactive ketones (excluding diaryl/α,β-unsaturated/α-hetero) is 1. The van der Waals surface area contributed by atoms with Crippen LogP contribution in [-0.4, -0.2) is 17.4 Å². The van der Waals surface area contributed by atoms with E-state index in [1.54, 1.807) is 19.3 Å². The van der Waals surface area contributed by atoms with Gasteiger partial charge in [0.2, 0.25) is 0 Å². The molecule has 166 valence electrons. The molecule has 0 aliphatic heterocycles. The maximum absolute atomic E-state index is 11.5. The molecule has 33 heavy (non-hydrogen) atoms. The van der Waals surface area contributed by atoms with E-state index >= 15 is 0 Å². The van der Waals surface area contributed by atoms with Gasteiger partial charge in [0.25, 0.3) is 0 Å². The molecule has 0 atom stereocenters. The summed E-state index contributed by atoms with van der Waals surface area (Å²) in [5, 5.41) is 0. The number of carbonyl (C=O) groups excluding carboxylic acids is 1. The minimum atomic E-state index is 0.0550. The Balaban J connectivity index is 1.29. The van der Waals surface area contributed by atoms with Crippen LogP contribution in [0.1, 0.15) is 34.0 Å². The standard InChI is InChI=1S/C29H27NO3/c1-21-3-5-23(6-4-21)15-16-32-28-13-7-24(8-14-28)20-33-29-17-27(18-30-19-29)26-11-9-25(10-12-26)22(2)31/h3-14,17-19H,15-16,20H2,1-2H3. The first kappa shape index (κ1) is 22.3. The van der Waals surface area contributed by atoms with Crippen molar-refractivity contribution in [2.45, 2.75) is 26.9 Å². The van der Waals surface area contributed by atoms with E-state index < -0.39 is 0 Å². The number of rotatable bonds is 9. The van der Waals surface area contributed by atoms with Gasteiger partial charge in [-0.05, 0) is 48.7 Å². The summed E-state index contributed by atoms with van der Waals surface area (Å²) in [4.78, 5) is 15.8. The van der Waals surface area contributed by atoms with Crippen molar-refractivity contribution in [2.24, 2.45) is 0 Å². The van der Waals surface area contributed by atoms with Crippen molar-refractivity contribution < 1.29 is 14.3 Å². The lowest BCUT2D eigenvalue weighted by molar-refractivity contribution is 0.101. The molecular formula is C29H27NO3. The predicted octanol–water partition coefficient (Wildman–Crippen LogP) is 6.46. The Morgan fingerprint density at radius 2 is 1.45 bits per heavy atom. The lowest BCUT2D eigenvalue weighted by Crippen LogP contribution is -2.02. The molecule has 4 heteroatoms. The fourth-order valence-electron chi connectivity index (χ4n) is 3.44. The number of hydrogen-bond donors (Lipinski definition) is 0. The zero-order valence-electron chi connectivity index (χ0n) is 19.0. The summed E-state index contributed by atoms with van der Waals surface area (Å²) in [6.07, 6.45) is 4.38. The first-order valence-corrected chi connectivity index (χ1v) is 11.0. The first-order chi connectivity index (χ1) is 16.1. The molecule has 0 unspecified atom stereocenters.